The van der Waals surface area contributed by atoms with Crippen molar-refractivity contribution in [3.8, 4) is 0 Å². The molecule has 0 radical (unpaired) electrons. The topological polar surface area (TPSA) is 70.9 Å². The third kappa shape index (κ3) is 2.93. The molecule has 1 aliphatic carbocycles. The van der Waals surface area contributed by atoms with Crippen LogP contribution < -0.4 is 5.32 Å². The number of anilines is 1. The SMILES string of the molecule is OC1CCC(Nc2nc(Cl)nnc2Cl)CC1. The summed E-state index contributed by atoms with van der Waals surface area (Å²) < 4.78 is 0. The monoisotopic (exact) mass is 262 g/mol. The lowest BCUT2D eigenvalue weighted by atomic mass is 9.93. The first kappa shape index (κ1) is 11.8. The van der Waals surface area contributed by atoms with Crippen LogP contribution in [0.4, 0.5) is 5.82 Å². The van der Waals surface area contributed by atoms with Gasteiger partial charge in [0.05, 0.1) is 6.10 Å². The molecule has 0 atom stereocenters. The number of nitrogens with one attached hydrogen (secondary N) is 1. The Labute approximate surface area is 103 Å². The van der Waals surface area contributed by atoms with E-state index < -0.39 is 0 Å². The fourth-order valence-electron chi connectivity index (χ4n) is 1.80. The summed E-state index contributed by atoms with van der Waals surface area (Å²) in [4.78, 5) is 3.97. The van der Waals surface area contributed by atoms with Crippen LogP contribution in [-0.2, 0) is 0 Å². The summed E-state index contributed by atoms with van der Waals surface area (Å²) in [6, 6.07) is 0.258. The van der Waals surface area contributed by atoms with Crippen LogP contribution in [0.5, 0.6) is 0 Å². The van der Waals surface area contributed by atoms with Gasteiger partial charge >= 0.3 is 0 Å². The normalized spacial score (nSPS) is 25.4. The van der Waals surface area contributed by atoms with Crippen molar-refractivity contribution in [2.24, 2.45) is 0 Å². The van der Waals surface area contributed by atoms with Gasteiger partial charge in [-0.05, 0) is 37.3 Å². The summed E-state index contributed by atoms with van der Waals surface area (Å²) in [5.74, 6) is 0.461. The number of hydrogen-bond acceptors (Lipinski definition) is 5. The molecular formula is C9H12Cl2N4O. The van der Waals surface area contributed by atoms with Crippen LogP contribution in [0.15, 0.2) is 0 Å². The molecule has 5 nitrogen and oxygen atoms in total. The van der Waals surface area contributed by atoms with Gasteiger partial charge in [-0.25, -0.2) is 0 Å². The molecule has 2 N–H and O–H groups in total. The second-order valence-corrected chi connectivity index (χ2v) is 4.57. The molecular weight excluding hydrogens is 251 g/mol. The summed E-state index contributed by atoms with van der Waals surface area (Å²) in [7, 11) is 0. The van der Waals surface area contributed by atoms with Crippen molar-refractivity contribution < 1.29 is 5.11 Å². The van der Waals surface area contributed by atoms with Gasteiger partial charge < -0.3 is 10.4 Å². The number of nitrogens with zero attached hydrogens (tertiary/aromatic N) is 3. The number of hydrogen-bond donors (Lipinski definition) is 2. The van der Waals surface area contributed by atoms with E-state index in [1.54, 1.807) is 0 Å². The van der Waals surface area contributed by atoms with Gasteiger partial charge in [0.15, 0.2) is 11.0 Å². The summed E-state index contributed by atoms with van der Waals surface area (Å²) in [6.07, 6.45) is 3.18. The first-order chi connectivity index (χ1) is 7.65. The Hall–Kier alpha value is -0.650. The van der Waals surface area contributed by atoms with Crippen LogP contribution in [0.1, 0.15) is 25.7 Å². The molecule has 1 aromatic heterocycles. The highest BCUT2D eigenvalue weighted by Crippen LogP contribution is 2.24. The van der Waals surface area contributed by atoms with Gasteiger partial charge in [0.25, 0.3) is 0 Å². The van der Waals surface area contributed by atoms with Crippen LogP contribution in [0.25, 0.3) is 0 Å². The van der Waals surface area contributed by atoms with Crippen LogP contribution in [0.3, 0.4) is 0 Å². The van der Waals surface area contributed by atoms with Crippen molar-refractivity contribution in [1.29, 1.82) is 0 Å². The van der Waals surface area contributed by atoms with Gasteiger partial charge in [0, 0.05) is 6.04 Å². The molecule has 0 unspecified atom stereocenters. The van der Waals surface area contributed by atoms with Crippen molar-refractivity contribution >= 4 is 29.0 Å². The minimum absolute atomic E-state index is 0.0720. The van der Waals surface area contributed by atoms with E-state index in [9.17, 15) is 5.11 Å². The predicted molar refractivity (Wildman–Crippen MR) is 61.7 cm³/mol. The molecule has 1 fully saturated rings. The molecule has 88 valence electrons. The van der Waals surface area contributed by atoms with E-state index in [1.165, 1.54) is 0 Å². The maximum atomic E-state index is 9.38. The largest absolute Gasteiger partial charge is 0.393 e. The third-order valence-corrected chi connectivity index (χ3v) is 3.07. The smallest absolute Gasteiger partial charge is 0.245 e. The number of halogens is 2. The van der Waals surface area contributed by atoms with Crippen molar-refractivity contribution in [2.45, 2.75) is 37.8 Å². The molecule has 2 rings (SSSR count). The average Bonchev–Trinajstić information content (AvgIpc) is 2.27. The van der Waals surface area contributed by atoms with E-state index in [0.29, 0.717) is 5.82 Å². The molecule has 7 heteroatoms. The molecule has 16 heavy (non-hydrogen) atoms. The fourth-order valence-corrected chi connectivity index (χ4v) is 2.06. The average molecular weight is 263 g/mol. The zero-order valence-corrected chi connectivity index (χ0v) is 10.0. The number of aliphatic hydroxyl groups excluding tert-OH is 1. The number of aromatic nitrogens is 3. The Morgan fingerprint density at radius 1 is 1.12 bits per heavy atom. The minimum atomic E-state index is -0.180. The van der Waals surface area contributed by atoms with E-state index in [-0.39, 0.29) is 22.6 Å². The summed E-state index contributed by atoms with van der Waals surface area (Å²) in [5.41, 5.74) is 0. The van der Waals surface area contributed by atoms with Crippen molar-refractivity contribution in [3.05, 3.63) is 10.4 Å². The molecule has 1 aromatic rings. The second kappa shape index (κ2) is 5.12. The van der Waals surface area contributed by atoms with Crippen LogP contribution in [0.2, 0.25) is 10.4 Å². The molecule has 1 heterocycles. The molecule has 0 bridgehead atoms. The molecule has 1 saturated carbocycles. The van der Waals surface area contributed by atoms with Crippen LogP contribution in [0, 0.1) is 0 Å². The Bertz CT molecular complexity index is 369. The Kier molecular flexibility index (Phi) is 3.78. The lowest BCUT2D eigenvalue weighted by Crippen LogP contribution is -2.28. The van der Waals surface area contributed by atoms with E-state index in [2.05, 4.69) is 20.5 Å². The maximum Gasteiger partial charge on any atom is 0.245 e. The zero-order valence-electron chi connectivity index (χ0n) is 8.53. The first-order valence-corrected chi connectivity index (χ1v) is 5.91. The van der Waals surface area contributed by atoms with Crippen molar-refractivity contribution in [3.63, 3.8) is 0 Å². The third-order valence-electron chi connectivity index (χ3n) is 2.66. The molecule has 0 aromatic carbocycles. The highest BCUT2D eigenvalue weighted by molar-refractivity contribution is 6.32. The Morgan fingerprint density at radius 2 is 1.81 bits per heavy atom. The van der Waals surface area contributed by atoms with Gasteiger partial charge in [0.2, 0.25) is 5.28 Å². The van der Waals surface area contributed by atoms with E-state index in [1.807, 2.05) is 0 Å². The lowest BCUT2D eigenvalue weighted by molar-refractivity contribution is 0.126. The Balaban J connectivity index is 2.00. The summed E-state index contributed by atoms with van der Waals surface area (Å²) in [5, 5.41) is 20.0. The van der Waals surface area contributed by atoms with Gasteiger partial charge in [-0.3, -0.25) is 0 Å². The zero-order chi connectivity index (χ0) is 11.5. The predicted octanol–water partition coefficient (Wildman–Crippen LogP) is 1.89. The van der Waals surface area contributed by atoms with E-state index >= 15 is 0 Å². The molecule has 0 spiro atoms. The second-order valence-electron chi connectivity index (χ2n) is 3.87. The molecule has 0 saturated heterocycles. The minimum Gasteiger partial charge on any atom is -0.393 e. The van der Waals surface area contributed by atoms with Crippen LogP contribution in [-0.4, -0.2) is 32.4 Å². The number of rotatable bonds is 2. The maximum absolute atomic E-state index is 9.38. The highest BCUT2D eigenvalue weighted by Gasteiger charge is 2.20. The fraction of sp³-hybridized carbons (Fsp3) is 0.667. The van der Waals surface area contributed by atoms with E-state index in [0.717, 1.165) is 25.7 Å². The molecule has 0 amide bonds. The number of aliphatic hydroxyl groups is 1. The van der Waals surface area contributed by atoms with Crippen LogP contribution >= 0.6 is 23.2 Å². The first-order valence-electron chi connectivity index (χ1n) is 5.15. The summed E-state index contributed by atoms with van der Waals surface area (Å²) in [6.45, 7) is 0. The van der Waals surface area contributed by atoms with Crippen molar-refractivity contribution in [2.75, 3.05) is 5.32 Å². The standard InChI is InChI=1S/C9H12Cl2N4O/c10-7-8(13-9(11)15-14-7)12-5-1-3-6(16)4-2-5/h5-6,16H,1-4H2,(H,12,13,15). The quantitative estimate of drug-likeness (QED) is 0.852. The van der Waals surface area contributed by atoms with Gasteiger partial charge in [0.1, 0.15) is 0 Å². The van der Waals surface area contributed by atoms with Gasteiger partial charge in [-0.15, -0.1) is 10.2 Å². The lowest BCUT2D eigenvalue weighted by Gasteiger charge is -2.26. The summed E-state index contributed by atoms with van der Waals surface area (Å²) >= 11 is 11.5. The molecule has 0 aliphatic heterocycles. The van der Waals surface area contributed by atoms with Crippen molar-refractivity contribution in [1.82, 2.24) is 15.2 Å². The highest BCUT2D eigenvalue weighted by atomic mass is 35.5. The Morgan fingerprint density at radius 3 is 2.50 bits per heavy atom. The van der Waals surface area contributed by atoms with E-state index in [4.69, 9.17) is 23.2 Å². The van der Waals surface area contributed by atoms with Gasteiger partial charge in [-0.2, -0.15) is 4.98 Å². The molecule has 1 aliphatic rings. The van der Waals surface area contributed by atoms with Gasteiger partial charge in [-0.1, -0.05) is 11.6 Å².